The number of nitrogens with zero attached hydrogens (tertiary/aromatic N) is 1. The molecule has 1 aromatic rings. The molecular formula is C10H10Cl2N2O3. The van der Waals surface area contributed by atoms with Gasteiger partial charge in [0.25, 0.3) is 11.6 Å². The molecule has 0 aromatic heterocycles. The Balaban J connectivity index is 2.82. The summed E-state index contributed by atoms with van der Waals surface area (Å²) in [6.45, 7) is 0.419. The van der Waals surface area contributed by atoms with Gasteiger partial charge in [0, 0.05) is 35.1 Å². The van der Waals surface area contributed by atoms with Gasteiger partial charge >= 0.3 is 0 Å². The number of amides is 1. The number of benzene rings is 1. The molecule has 0 bridgehead atoms. The Morgan fingerprint density at radius 1 is 1.41 bits per heavy atom. The van der Waals surface area contributed by atoms with Crippen molar-refractivity contribution in [3.63, 3.8) is 0 Å². The largest absolute Gasteiger partial charge is 0.352 e. The summed E-state index contributed by atoms with van der Waals surface area (Å²) in [6, 6.07) is 3.75. The van der Waals surface area contributed by atoms with Crippen molar-refractivity contribution in [2.75, 3.05) is 12.4 Å². The third-order valence-electron chi connectivity index (χ3n) is 1.95. The number of rotatable bonds is 5. The van der Waals surface area contributed by atoms with E-state index < -0.39 is 10.8 Å². The maximum absolute atomic E-state index is 11.6. The number of non-ortho nitro benzene ring substituents is 1. The van der Waals surface area contributed by atoms with Gasteiger partial charge in [-0.3, -0.25) is 14.9 Å². The highest BCUT2D eigenvalue weighted by Gasteiger charge is 2.13. The molecule has 1 aromatic carbocycles. The molecule has 0 unspecified atom stereocenters. The maximum Gasteiger partial charge on any atom is 0.271 e. The summed E-state index contributed by atoms with van der Waals surface area (Å²) in [6.07, 6.45) is 0.635. The monoisotopic (exact) mass is 276 g/mol. The number of nitro benzene ring substituents is 1. The van der Waals surface area contributed by atoms with Crippen LogP contribution in [-0.4, -0.2) is 23.3 Å². The lowest BCUT2D eigenvalue weighted by molar-refractivity contribution is -0.384. The van der Waals surface area contributed by atoms with Gasteiger partial charge in [-0.05, 0) is 12.5 Å². The highest BCUT2D eigenvalue weighted by molar-refractivity contribution is 6.31. The molecule has 0 aliphatic rings. The first-order valence-corrected chi connectivity index (χ1v) is 5.75. The summed E-state index contributed by atoms with van der Waals surface area (Å²) in [7, 11) is 0. The third kappa shape index (κ3) is 4.20. The molecule has 0 aliphatic carbocycles. The van der Waals surface area contributed by atoms with Gasteiger partial charge in [-0.1, -0.05) is 11.6 Å². The van der Waals surface area contributed by atoms with Crippen molar-refractivity contribution in [1.29, 1.82) is 0 Å². The smallest absolute Gasteiger partial charge is 0.271 e. The predicted molar refractivity (Wildman–Crippen MR) is 65.8 cm³/mol. The molecule has 0 spiro atoms. The van der Waals surface area contributed by atoms with Crippen LogP contribution in [0, 0.1) is 10.1 Å². The molecular weight excluding hydrogens is 267 g/mol. The Morgan fingerprint density at radius 3 is 2.71 bits per heavy atom. The lowest BCUT2D eigenvalue weighted by Gasteiger charge is -2.04. The summed E-state index contributed by atoms with van der Waals surface area (Å²) in [5.74, 6) is 0.0383. The van der Waals surface area contributed by atoms with Crippen molar-refractivity contribution >= 4 is 34.8 Å². The van der Waals surface area contributed by atoms with Gasteiger partial charge in [-0.2, -0.15) is 0 Å². The second kappa shape index (κ2) is 6.42. The lowest BCUT2D eigenvalue weighted by Crippen LogP contribution is -2.24. The average Bonchev–Trinajstić information content (AvgIpc) is 2.28. The van der Waals surface area contributed by atoms with Gasteiger partial charge in [0.05, 0.1) is 4.92 Å². The fourth-order valence-corrected chi connectivity index (χ4v) is 1.54. The zero-order chi connectivity index (χ0) is 12.8. The van der Waals surface area contributed by atoms with Gasteiger partial charge in [-0.25, -0.2) is 0 Å². The highest BCUT2D eigenvalue weighted by atomic mass is 35.5. The van der Waals surface area contributed by atoms with Crippen LogP contribution in [-0.2, 0) is 0 Å². The van der Waals surface area contributed by atoms with Crippen LogP contribution in [0.5, 0.6) is 0 Å². The van der Waals surface area contributed by atoms with Crippen LogP contribution in [0.3, 0.4) is 0 Å². The van der Waals surface area contributed by atoms with Crippen LogP contribution in [0.1, 0.15) is 16.8 Å². The Morgan fingerprint density at radius 2 is 2.12 bits per heavy atom. The standard InChI is InChI=1S/C10H10Cl2N2O3/c11-2-1-3-13-10(15)7-4-8(12)6-9(5-7)14(16)17/h4-6H,1-3H2,(H,13,15). The number of nitro groups is 1. The minimum absolute atomic E-state index is 0.154. The molecule has 0 saturated heterocycles. The molecule has 0 radical (unpaired) electrons. The van der Waals surface area contributed by atoms with Crippen LogP contribution in [0.2, 0.25) is 5.02 Å². The minimum atomic E-state index is -0.596. The van der Waals surface area contributed by atoms with Gasteiger partial charge in [0.1, 0.15) is 0 Å². The zero-order valence-corrected chi connectivity index (χ0v) is 10.3. The second-order valence-electron chi connectivity index (χ2n) is 3.25. The van der Waals surface area contributed by atoms with E-state index in [2.05, 4.69) is 5.32 Å². The second-order valence-corrected chi connectivity index (χ2v) is 4.07. The Kier molecular flexibility index (Phi) is 5.18. The van der Waals surface area contributed by atoms with Crippen molar-refractivity contribution in [3.05, 3.63) is 38.9 Å². The first kappa shape index (κ1) is 13.7. The van der Waals surface area contributed by atoms with E-state index in [1.807, 2.05) is 0 Å². The first-order chi connectivity index (χ1) is 8.04. The van der Waals surface area contributed by atoms with E-state index in [4.69, 9.17) is 23.2 Å². The molecule has 0 atom stereocenters. The summed E-state index contributed by atoms with van der Waals surface area (Å²) in [4.78, 5) is 21.6. The predicted octanol–water partition coefficient (Wildman–Crippen LogP) is 2.61. The first-order valence-electron chi connectivity index (χ1n) is 4.83. The number of halogens is 2. The normalized spacial score (nSPS) is 10.0. The van der Waals surface area contributed by atoms with E-state index in [0.717, 1.165) is 0 Å². The molecule has 1 amide bonds. The van der Waals surface area contributed by atoms with Crippen molar-refractivity contribution in [3.8, 4) is 0 Å². The van der Waals surface area contributed by atoms with Crippen LogP contribution < -0.4 is 5.32 Å². The minimum Gasteiger partial charge on any atom is -0.352 e. The van der Waals surface area contributed by atoms with Gasteiger partial charge in [0.15, 0.2) is 0 Å². The third-order valence-corrected chi connectivity index (χ3v) is 2.44. The molecule has 17 heavy (non-hydrogen) atoms. The molecule has 5 nitrogen and oxygen atoms in total. The molecule has 92 valence electrons. The summed E-state index contributed by atoms with van der Waals surface area (Å²) < 4.78 is 0. The maximum atomic E-state index is 11.6. The topological polar surface area (TPSA) is 72.2 Å². The van der Waals surface area contributed by atoms with Gasteiger partial charge in [0.2, 0.25) is 0 Å². The number of carbonyl (C=O) groups excluding carboxylic acids is 1. The molecule has 0 fully saturated rings. The van der Waals surface area contributed by atoms with Gasteiger partial charge < -0.3 is 5.32 Å². The number of alkyl halides is 1. The highest BCUT2D eigenvalue weighted by Crippen LogP contribution is 2.20. The molecule has 0 saturated carbocycles. The van der Waals surface area contributed by atoms with E-state index in [-0.39, 0.29) is 16.3 Å². The SMILES string of the molecule is O=C(NCCCCl)c1cc(Cl)cc([N+](=O)[O-])c1. The Bertz CT molecular complexity index is 438. The summed E-state index contributed by atoms with van der Waals surface area (Å²) >= 11 is 11.2. The van der Waals surface area contributed by atoms with E-state index in [1.54, 1.807) is 0 Å². The Hall–Kier alpha value is -1.33. The number of hydrogen-bond acceptors (Lipinski definition) is 3. The Labute approximate surface area is 108 Å². The molecule has 7 heteroatoms. The van der Waals surface area contributed by atoms with Crippen LogP contribution in [0.15, 0.2) is 18.2 Å². The van der Waals surface area contributed by atoms with E-state index in [0.29, 0.717) is 18.8 Å². The molecule has 0 aliphatic heterocycles. The van der Waals surface area contributed by atoms with Crippen LogP contribution in [0.4, 0.5) is 5.69 Å². The zero-order valence-electron chi connectivity index (χ0n) is 8.78. The fourth-order valence-electron chi connectivity index (χ4n) is 1.18. The summed E-state index contributed by atoms with van der Waals surface area (Å²) in [5.41, 5.74) is -0.0428. The molecule has 1 N–H and O–H groups in total. The van der Waals surface area contributed by atoms with Crippen molar-refractivity contribution in [2.24, 2.45) is 0 Å². The fraction of sp³-hybridized carbons (Fsp3) is 0.300. The van der Waals surface area contributed by atoms with Gasteiger partial charge in [-0.15, -0.1) is 11.6 Å². The number of nitrogens with one attached hydrogen (secondary N) is 1. The summed E-state index contributed by atoms with van der Waals surface area (Å²) in [5, 5.41) is 13.3. The van der Waals surface area contributed by atoms with Crippen molar-refractivity contribution in [2.45, 2.75) is 6.42 Å². The van der Waals surface area contributed by atoms with Crippen molar-refractivity contribution < 1.29 is 9.72 Å². The van der Waals surface area contributed by atoms with E-state index in [9.17, 15) is 14.9 Å². The average molecular weight is 277 g/mol. The van der Waals surface area contributed by atoms with E-state index in [1.165, 1.54) is 18.2 Å². The lowest BCUT2D eigenvalue weighted by atomic mass is 10.2. The quantitative estimate of drug-likeness (QED) is 0.389. The van der Waals surface area contributed by atoms with Crippen LogP contribution >= 0.6 is 23.2 Å². The molecule has 1 rings (SSSR count). The van der Waals surface area contributed by atoms with Crippen molar-refractivity contribution in [1.82, 2.24) is 5.32 Å². The van der Waals surface area contributed by atoms with Crippen LogP contribution in [0.25, 0.3) is 0 Å². The van der Waals surface area contributed by atoms with E-state index >= 15 is 0 Å². The molecule has 0 heterocycles. The number of hydrogen-bond donors (Lipinski definition) is 1. The number of carbonyl (C=O) groups is 1.